The Labute approximate surface area is 272 Å². The molecule has 0 saturated carbocycles. The lowest BCUT2D eigenvalue weighted by Crippen LogP contribution is -2.34. The van der Waals surface area contributed by atoms with Crippen molar-refractivity contribution in [3.05, 3.63) is 76.8 Å². The molecule has 4 aromatic heterocycles. The number of para-hydroxylation sites is 1. The monoisotopic (exact) mass is 669 g/mol. The third-order valence-electron chi connectivity index (χ3n) is 8.65. The van der Waals surface area contributed by atoms with Gasteiger partial charge in [0, 0.05) is 25.8 Å². The van der Waals surface area contributed by atoms with Gasteiger partial charge in [0.1, 0.15) is 17.2 Å². The van der Waals surface area contributed by atoms with Gasteiger partial charge in [-0.05, 0) is 63.0 Å². The second-order valence-corrected chi connectivity index (χ2v) is 12.3. The van der Waals surface area contributed by atoms with Gasteiger partial charge in [-0.2, -0.15) is 18.2 Å². The second-order valence-electron chi connectivity index (χ2n) is 11.9. The smallest absolute Gasteiger partial charge is 0.443 e. The molecule has 0 spiro atoms. The summed E-state index contributed by atoms with van der Waals surface area (Å²) in [5, 5.41) is 4.01. The van der Waals surface area contributed by atoms with E-state index in [1.807, 2.05) is 30.5 Å². The van der Waals surface area contributed by atoms with Crippen molar-refractivity contribution >= 4 is 22.6 Å². The summed E-state index contributed by atoms with van der Waals surface area (Å²) < 4.78 is 63.7. The maximum atomic E-state index is 13.0. The number of alkyl halides is 3. The van der Waals surface area contributed by atoms with E-state index < -0.39 is 17.9 Å². The number of benzene rings is 1. The van der Waals surface area contributed by atoms with Crippen LogP contribution in [0.15, 0.2) is 53.3 Å². The predicted molar refractivity (Wildman–Crippen MR) is 164 cm³/mol. The van der Waals surface area contributed by atoms with Crippen LogP contribution in [0.25, 0.3) is 22.6 Å². The Hall–Kier alpha value is -4.27. The first-order valence-corrected chi connectivity index (χ1v) is 15.5. The first-order valence-electron chi connectivity index (χ1n) is 15.2. The molecule has 1 saturated heterocycles. The highest BCUT2D eigenvalue weighted by molar-refractivity contribution is 6.30. The topological polar surface area (TPSA) is 113 Å². The normalized spacial score (nSPS) is 19.5. The quantitative estimate of drug-likeness (QED) is 0.179. The summed E-state index contributed by atoms with van der Waals surface area (Å²) in [6.45, 7) is 6.54. The van der Waals surface area contributed by atoms with Gasteiger partial charge in [-0.15, -0.1) is 0 Å². The number of piperidine rings is 1. The van der Waals surface area contributed by atoms with E-state index >= 15 is 0 Å². The Morgan fingerprint density at radius 1 is 1.09 bits per heavy atom. The fraction of sp³-hybridized carbons (Fsp3) is 0.406. The third kappa shape index (κ3) is 6.12. The molecule has 1 aromatic carbocycles. The van der Waals surface area contributed by atoms with Gasteiger partial charge >= 0.3 is 12.1 Å². The van der Waals surface area contributed by atoms with E-state index in [1.54, 1.807) is 37.7 Å². The molecule has 2 aliphatic heterocycles. The van der Waals surface area contributed by atoms with Crippen molar-refractivity contribution in [3.8, 4) is 23.0 Å². The number of imidazole rings is 1. The summed E-state index contributed by atoms with van der Waals surface area (Å²) in [6.07, 6.45) is 0.0921. The van der Waals surface area contributed by atoms with Crippen LogP contribution in [0.1, 0.15) is 55.6 Å². The number of aromatic nitrogens is 6. The lowest BCUT2D eigenvalue weighted by Gasteiger charge is -2.32. The van der Waals surface area contributed by atoms with Crippen molar-refractivity contribution in [1.29, 1.82) is 0 Å². The number of pyridine rings is 2. The Kier molecular flexibility index (Phi) is 8.05. The second kappa shape index (κ2) is 12.1. The molecule has 1 unspecified atom stereocenters. The Bertz CT molecular complexity index is 1910. The molecule has 47 heavy (non-hydrogen) atoms. The zero-order chi connectivity index (χ0) is 32.9. The van der Waals surface area contributed by atoms with Gasteiger partial charge in [-0.3, -0.25) is 14.9 Å². The Balaban J connectivity index is 1.08. The van der Waals surface area contributed by atoms with Gasteiger partial charge in [-0.1, -0.05) is 28.9 Å². The highest BCUT2D eigenvalue weighted by Crippen LogP contribution is 2.49. The summed E-state index contributed by atoms with van der Waals surface area (Å²) in [7, 11) is 1.64. The lowest BCUT2D eigenvalue weighted by molar-refractivity contribution is -0.159. The van der Waals surface area contributed by atoms with Crippen LogP contribution in [0.5, 0.6) is 11.5 Å². The van der Waals surface area contributed by atoms with Crippen molar-refractivity contribution in [1.82, 2.24) is 34.6 Å². The molecular formula is C32H31ClF3N7O4. The number of methoxy groups -OCH3 is 1. The van der Waals surface area contributed by atoms with Crippen LogP contribution in [0.3, 0.4) is 0 Å². The number of likely N-dealkylation sites (tertiary alicyclic amines) is 1. The minimum atomic E-state index is -4.75. The van der Waals surface area contributed by atoms with Gasteiger partial charge in [-0.25, -0.2) is 4.98 Å². The molecule has 6 heterocycles. The number of hydrogen-bond donors (Lipinski definition) is 0. The fourth-order valence-corrected chi connectivity index (χ4v) is 6.23. The minimum Gasteiger partial charge on any atom is -0.443 e. The van der Waals surface area contributed by atoms with E-state index in [0.717, 1.165) is 48.6 Å². The summed E-state index contributed by atoms with van der Waals surface area (Å²) in [5.74, 6) is -0.239. The molecule has 1 fully saturated rings. The first-order chi connectivity index (χ1) is 22.5. The zero-order valence-corrected chi connectivity index (χ0v) is 26.5. The van der Waals surface area contributed by atoms with Gasteiger partial charge in [0.2, 0.25) is 5.82 Å². The van der Waals surface area contributed by atoms with Crippen molar-refractivity contribution in [2.45, 2.75) is 63.8 Å². The highest BCUT2D eigenvalue weighted by atomic mass is 35.5. The van der Waals surface area contributed by atoms with Crippen molar-refractivity contribution in [3.63, 3.8) is 0 Å². The Morgan fingerprint density at radius 3 is 2.60 bits per heavy atom. The number of ether oxygens (including phenoxy) is 3. The van der Waals surface area contributed by atoms with Crippen molar-refractivity contribution < 1.29 is 31.9 Å². The summed E-state index contributed by atoms with van der Waals surface area (Å²) in [6, 6.07) is 11.2. The molecule has 15 heteroatoms. The van der Waals surface area contributed by atoms with Crippen LogP contribution < -0.4 is 9.47 Å². The molecule has 2 atom stereocenters. The molecule has 0 N–H and O–H groups in total. The van der Waals surface area contributed by atoms with E-state index in [0.29, 0.717) is 35.1 Å². The van der Waals surface area contributed by atoms with E-state index in [-0.39, 0.29) is 23.5 Å². The first kappa shape index (κ1) is 31.3. The molecule has 2 aliphatic rings. The minimum absolute atomic E-state index is 0.112. The van der Waals surface area contributed by atoms with E-state index in [2.05, 4.69) is 35.6 Å². The van der Waals surface area contributed by atoms with E-state index in [1.165, 1.54) is 0 Å². The number of halogens is 4. The molecule has 11 nitrogen and oxygen atoms in total. The molecule has 0 aliphatic carbocycles. The number of rotatable bonds is 8. The molecule has 0 bridgehead atoms. The van der Waals surface area contributed by atoms with E-state index in [9.17, 15) is 13.2 Å². The van der Waals surface area contributed by atoms with Crippen LogP contribution in [0.4, 0.5) is 13.2 Å². The Morgan fingerprint density at radius 2 is 1.89 bits per heavy atom. The molecule has 7 rings (SSSR count). The van der Waals surface area contributed by atoms with Crippen LogP contribution in [0.2, 0.25) is 5.02 Å². The predicted octanol–water partition coefficient (Wildman–Crippen LogP) is 6.61. The summed E-state index contributed by atoms with van der Waals surface area (Å²) in [4.78, 5) is 19.4. The lowest BCUT2D eigenvalue weighted by atomic mass is 9.88. The third-order valence-corrected chi connectivity index (χ3v) is 8.87. The number of hydrogen-bond acceptors (Lipinski definition) is 10. The van der Waals surface area contributed by atoms with Crippen LogP contribution in [0, 0.1) is 0 Å². The van der Waals surface area contributed by atoms with Crippen LogP contribution in [-0.2, 0) is 29.8 Å². The highest BCUT2D eigenvalue weighted by Gasteiger charge is 2.42. The summed E-state index contributed by atoms with van der Waals surface area (Å²) >= 11 is 6.04. The van der Waals surface area contributed by atoms with Crippen LogP contribution >= 0.6 is 11.6 Å². The number of fused-ring (bicyclic) bond motifs is 2. The number of nitrogens with zero attached hydrogens (tertiary/aromatic N) is 7. The average molecular weight is 670 g/mol. The van der Waals surface area contributed by atoms with Crippen molar-refractivity contribution in [2.75, 3.05) is 20.2 Å². The van der Waals surface area contributed by atoms with Gasteiger partial charge in [0.15, 0.2) is 11.5 Å². The largest absolute Gasteiger partial charge is 0.471 e. The molecule has 5 aromatic rings. The van der Waals surface area contributed by atoms with Gasteiger partial charge in [0.25, 0.3) is 5.79 Å². The maximum absolute atomic E-state index is 13.0. The molecule has 246 valence electrons. The summed E-state index contributed by atoms with van der Waals surface area (Å²) in [5.41, 5.74) is 3.18. The molecule has 0 radical (unpaired) electrons. The van der Waals surface area contributed by atoms with E-state index in [4.69, 9.17) is 30.8 Å². The zero-order valence-electron chi connectivity index (χ0n) is 25.8. The molecular weight excluding hydrogens is 639 g/mol. The molecule has 0 amide bonds. The average Bonchev–Trinajstić information content (AvgIpc) is 3.77. The van der Waals surface area contributed by atoms with Gasteiger partial charge < -0.3 is 23.3 Å². The fourth-order valence-electron chi connectivity index (χ4n) is 6.11. The SMILES string of the molecule is CO[C@@H](C)Cn1c(CN2CCC(c3cccc4c3OC(C)(c3ccc(Cl)cn3)O4)CC2)nc2cc(-c3noc(C(F)(F)F)n3)ncc21. The van der Waals surface area contributed by atoms with Crippen molar-refractivity contribution in [2.24, 2.45) is 0 Å². The van der Waals surface area contributed by atoms with Crippen LogP contribution in [-0.4, -0.2) is 60.9 Å². The maximum Gasteiger partial charge on any atom is 0.471 e. The standard InChI is InChI=1S/C32H31ClF3N7O4/c1-18(44-3)16-43-24-15-37-23(29-40-30(47-41-29)32(34,35)36)13-22(24)39-27(43)17-42-11-9-19(10-12-42)21-5-4-6-25-28(21)46-31(2,45-25)26-8-7-20(33)14-38-26/h4-8,13-15,18-19H,9-12,16-17H2,1-3H3/t18-,31?/m0/s1. The van der Waals surface area contributed by atoms with Gasteiger partial charge in [0.05, 0.1) is 41.4 Å².